The summed E-state index contributed by atoms with van der Waals surface area (Å²) < 4.78 is 26.5. The van der Waals surface area contributed by atoms with Crippen molar-refractivity contribution in [2.45, 2.75) is 6.42 Å². The highest BCUT2D eigenvalue weighted by Crippen LogP contribution is 2.20. The molecule has 2 aromatic heterocycles. The second-order valence-corrected chi connectivity index (χ2v) is 7.68. The minimum atomic E-state index is -3.24. The molecule has 0 saturated heterocycles. The van der Waals surface area contributed by atoms with Gasteiger partial charge >= 0.3 is 0 Å². The van der Waals surface area contributed by atoms with Crippen LogP contribution in [0.4, 0.5) is 0 Å². The average Bonchev–Trinajstić information content (AvgIpc) is 3.01. The molecular formula is C15H17N5O2S. The molecule has 0 unspecified atom stereocenters. The van der Waals surface area contributed by atoms with Gasteiger partial charge in [-0.25, -0.2) is 17.4 Å². The lowest BCUT2D eigenvalue weighted by Crippen LogP contribution is -2.26. The van der Waals surface area contributed by atoms with Gasteiger partial charge in [-0.1, -0.05) is 17.3 Å². The highest BCUT2D eigenvalue weighted by molar-refractivity contribution is 7.89. The molecule has 0 bridgehead atoms. The first kappa shape index (κ1) is 15.6. The number of benzene rings is 1. The van der Waals surface area contributed by atoms with E-state index < -0.39 is 10.0 Å². The molecule has 0 aliphatic rings. The number of sulfonamides is 1. The molecule has 23 heavy (non-hydrogen) atoms. The Morgan fingerprint density at radius 3 is 2.83 bits per heavy atom. The van der Waals surface area contributed by atoms with Gasteiger partial charge in [-0.2, -0.15) is 0 Å². The Bertz CT molecular complexity index is 928. The minimum Gasteiger partial charge on any atom is -0.264 e. The molecule has 0 atom stereocenters. The quantitative estimate of drug-likeness (QED) is 0.703. The van der Waals surface area contributed by atoms with Crippen molar-refractivity contribution in [3.8, 4) is 5.69 Å². The van der Waals surface area contributed by atoms with E-state index in [0.29, 0.717) is 12.1 Å². The zero-order chi connectivity index (χ0) is 16.4. The molecule has 2 heterocycles. The SMILES string of the molecule is CN(C)S(=O)(=O)CCc1cn(-c2cccc3cnccc23)nn1. The van der Waals surface area contributed by atoms with Gasteiger partial charge in [0.05, 0.1) is 23.3 Å². The molecule has 7 nitrogen and oxygen atoms in total. The molecule has 0 amide bonds. The maximum Gasteiger partial charge on any atom is 0.213 e. The molecule has 0 saturated carbocycles. The van der Waals surface area contributed by atoms with Crippen LogP contribution >= 0.6 is 0 Å². The number of rotatable bonds is 5. The van der Waals surface area contributed by atoms with Crippen molar-refractivity contribution in [2.24, 2.45) is 0 Å². The molecule has 0 spiro atoms. The van der Waals surface area contributed by atoms with Gasteiger partial charge in [-0.05, 0) is 12.1 Å². The molecule has 3 aromatic rings. The van der Waals surface area contributed by atoms with E-state index in [9.17, 15) is 8.42 Å². The average molecular weight is 331 g/mol. The molecule has 0 fully saturated rings. The molecular weight excluding hydrogens is 314 g/mol. The Balaban J connectivity index is 1.87. The third-order valence-corrected chi connectivity index (χ3v) is 5.45. The Labute approximate surface area is 134 Å². The van der Waals surface area contributed by atoms with Crippen molar-refractivity contribution >= 4 is 20.8 Å². The lowest BCUT2D eigenvalue weighted by atomic mass is 10.1. The number of fused-ring (bicyclic) bond motifs is 1. The van der Waals surface area contributed by atoms with E-state index in [1.807, 2.05) is 24.3 Å². The molecule has 120 valence electrons. The number of hydrogen-bond acceptors (Lipinski definition) is 5. The number of aromatic nitrogens is 4. The standard InChI is InChI=1S/C15H17N5O2S/c1-19(2)23(21,22)9-7-13-11-20(18-17-13)15-5-3-4-12-10-16-8-6-14(12)15/h3-6,8,10-11H,7,9H2,1-2H3. The predicted molar refractivity (Wildman–Crippen MR) is 87.8 cm³/mol. The first-order valence-electron chi connectivity index (χ1n) is 7.12. The Hall–Kier alpha value is -2.32. The van der Waals surface area contributed by atoms with Crippen LogP contribution in [0, 0.1) is 0 Å². The van der Waals surface area contributed by atoms with E-state index in [1.165, 1.54) is 18.4 Å². The first-order chi connectivity index (χ1) is 11.0. The van der Waals surface area contributed by atoms with Crippen LogP contribution in [0.15, 0.2) is 42.9 Å². The maximum absolute atomic E-state index is 11.8. The second kappa shape index (κ2) is 6.05. The van der Waals surface area contributed by atoms with Crippen LogP contribution < -0.4 is 0 Å². The fourth-order valence-corrected chi connectivity index (χ4v) is 3.08. The molecule has 3 rings (SSSR count). The van der Waals surface area contributed by atoms with Crippen molar-refractivity contribution in [3.63, 3.8) is 0 Å². The van der Waals surface area contributed by atoms with Crippen molar-refractivity contribution < 1.29 is 8.42 Å². The van der Waals surface area contributed by atoms with E-state index >= 15 is 0 Å². The number of hydrogen-bond donors (Lipinski definition) is 0. The minimum absolute atomic E-state index is 0.0121. The van der Waals surface area contributed by atoms with Gasteiger partial charge in [0.25, 0.3) is 0 Å². The molecule has 0 aliphatic carbocycles. The van der Waals surface area contributed by atoms with E-state index in [-0.39, 0.29) is 5.75 Å². The summed E-state index contributed by atoms with van der Waals surface area (Å²) in [7, 11) is -0.190. The monoisotopic (exact) mass is 331 g/mol. The van der Waals surface area contributed by atoms with E-state index in [4.69, 9.17) is 0 Å². The second-order valence-electron chi connectivity index (χ2n) is 5.38. The van der Waals surface area contributed by atoms with E-state index in [0.717, 1.165) is 16.5 Å². The topological polar surface area (TPSA) is 81.0 Å². The van der Waals surface area contributed by atoms with Gasteiger partial charge in [-0.15, -0.1) is 5.10 Å². The third-order valence-electron chi connectivity index (χ3n) is 3.62. The van der Waals surface area contributed by atoms with Crippen LogP contribution in [0.1, 0.15) is 5.69 Å². The fraction of sp³-hybridized carbons (Fsp3) is 0.267. The molecule has 0 radical (unpaired) electrons. The van der Waals surface area contributed by atoms with Gasteiger partial charge < -0.3 is 0 Å². The van der Waals surface area contributed by atoms with Crippen LogP contribution in [0.5, 0.6) is 0 Å². The molecule has 1 aromatic carbocycles. The van der Waals surface area contributed by atoms with E-state index in [1.54, 1.807) is 23.3 Å². The van der Waals surface area contributed by atoms with Crippen LogP contribution in [0.3, 0.4) is 0 Å². The summed E-state index contributed by atoms with van der Waals surface area (Å²) in [4.78, 5) is 4.11. The van der Waals surface area contributed by atoms with Gasteiger partial charge in [0.1, 0.15) is 0 Å². The van der Waals surface area contributed by atoms with Crippen LogP contribution in [0.2, 0.25) is 0 Å². The van der Waals surface area contributed by atoms with Crippen molar-refractivity contribution in [1.29, 1.82) is 0 Å². The number of pyridine rings is 1. The maximum atomic E-state index is 11.8. The lowest BCUT2D eigenvalue weighted by Gasteiger charge is -2.09. The van der Waals surface area contributed by atoms with Gasteiger partial charge in [0.15, 0.2) is 0 Å². The summed E-state index contributed by atoms with van der Waals surface area (Å²) in [5, 5.41) is 10.2. The van der Waals surface area contributed by atoms with Crippen molar-refractivity contribution in [1.82, 2.24) is 24.3 Å². The lowest BCUT2D eigenvalue weighted by molar-refractivity contribution is 0.520. The Morgan fingerprint density at radius 2 is 2.04 bits per heavy atom. The fourth-order valence-electron chi connectivity index (χ4n) is 2.25. The molecule has 8 heteroatoms. The highest BCUT2D eigenvalue weighted by atomic mass is 32.2. The summed E-state index contributed by atoms with van der Waals surface area (Å²) in [5.74, 6) is 0.0121. The summed E-state index contributed by atoms with van der Waals surface area (Å²) >= 11 is 0. The summed E-state index contributed by atoms with van der Waals surface area (Å²) in [6.45, 7) is 0. The van der Waals surface area contributed by atoms with Crippen molar-refractivity contribution in [2.75, 3.05) is 19.8 Å². The number of aryl methyl sites for hydroxylation is 1. The van der Waals surface area contributed by atoms with Crippen LogP contribution in [-0.4, -0.2) is 52.5 Å². The smallest absolute Gasteiger partial charge is 0.213 e. The summed E-state index contributed by atoms with van der Waals surface area (Å²) in [6, 6.07) is 7.77. The zero-order valence-corrected chi connectivity index (χ0v) is 13.7. The van der Waals surface area contributed by atoms with Crippen molar-refractivity contribution in [3.05, 3.63) is 48.5 Å². The highest BCUT2D eigenvalue weighted by Gasteiger charge is 2.15. The van der Waals surface area contributed by atoms with Crippen LogP contribution in [0.25, 0.3) is 16.5 Å². The third kappa shape index (κ3) is 3.22. The van der Waals surface area contributed by atoms with Crippen LogP contribution in [-0.2, 0) is 16.4 Å². The first-order valence-corrected chi connectivity index (χ1v) is 8.73. The predicted octanol–water partition coefficient (Wildman–Crippen LogP) is 1.25. The largest absolute Gasteiger partial charge is 0.264 e. The molecule has 0 N–H and O–H groups in total. The Kier molecular flexibility index (Phi) is 4.10. The van der Waals surface area contributed by atoms with E-state index in [2.05, 4.69) is 15.3 Å². The zero-order valence-electron chi connectivity index (χ0n) is 12.9. The van der Waals surface area contributed by atoms with Gasteiger partial charge in [0, 0.05) is 43.7 Å². The van der Waals surface area contributed by atoms with Gasteiger partial charge in [0.2, 0.25) is 10.0 Å². The number of nitrogens with zero attached hydrogens (tertiary/aromatic N) is 5. The summed E-state index contributed by atoms with van der Waals surface area (Å²) in [6.07, 6.45) is 5.61. The Morgan fingerprint density at radius 1 is 1.22 bits per heavy atom. The van der Waals surface area contributed by atoms with Gasteiger partial charge in [-0.3, -0.25) is 4.98 Å². The summed E-state index contributed by atoms with van der Waals surface area (Å²) in [5.41, 5.74) is 1.53. The normalized spacial score (nSPS) is 12.1. The molecule has 0 aliphatic heterocycles.